The maximum absolute atomic E-state index is 12.0. The number of amides is 1. The molecular formula is C19H27N3O4. The van der Waals surface area contributed by atoms with Crippen molar-refractivity contribution in [1.29, 1.82) is 0 Å². The molecule has 7 nitrogen and oxygen atoms in total. The van der Waals surface area contributed by atoms with E-state index < -0.39 is 5.60 Å². The fourth-order valence-corrected chi connectivity index (χ4v) is 3.94. The first-order chi connectivity index (χ1) is 12.3. The molecule has 1 aliphatic carbocycles. The lowest BCUT2D eigenvalue weighted by atomic mass is 9.61. The summed E-state index contributed by atoms with van der Waals surface area (Å²) in [7, 11) is 0. The number of hydrogen-bond acceptors (Lipinski definition) is 6. The van der Waals surface area contributed by atoms with Gasteiger partial charge in [0.15, 0.2) is 11.5 Å². The molecule has 0 unspecified atom stereocenters. The second-order valence-electron chi connectivity index (χ2n) is 8.64. The third-order valence-corrected chi connectivity index (χ3v) is 5.12. The average Bonchev–Trinajstić information content (AvgIpc) is 2.50. The van der Waals surface area contributed by atoms with Crippen LogP contribution in [0.1, 0.15) is 39.3 Å². The highest BCUT2D eigenvalue weighted by molar-refractivity contribution is 5.69. The maximum Gasteiger partial charge on any atom is 0.410 e. The molecule has 1 saturated heterocycles. The van der Waals surface area contributed by atoms with Gasteiger partial charge in [-0.1, -0.05) is 0 Å². The van der Waals surface area contributed by atoms with E-state index in [4.69, 9.17) is 14.2 Å². The highest BCUT2D eigenvalue weighted by atomic mass is 16.6. The van der Waals surface area contributed by atoms with Gasteiger partial charge in [0.1, 0.15) is 18.8 Å². The first kappa shape index (κ1) is 17.4. The summed E-state index contributed by atoms with van der Waals surface area (Å²) >= 11 is 0. The zero-order chi connectivity index (χ0) is 18.4. The summed E-state index contributed by atoms with van der Waals surface area (Å²) in [4.78, 5) is 18.3. The summed E-state index contributed by atoms with van der Waals surface area (Å²) in [6.07, 6.45) is 3.73. The zero-order valence-corrected chi connectivity index (χ0v) is 15.7. The van der Waals surface area contributed by atoms with Gasteiger partial charge in [-0.25, -0.2) is 4.79 Å². The number of aromatic nitrogens is 1. The van der Waals surface area contributed by atoms with E-state index in [-0.39, 0.29) is 11.5 Å². The smallest absolute Gasteiger partial charge is 0.410 e. The maximum atomic E-state index is 12.0. The fourth-order valence-electron chi connectivity index (χ4n) is 3.94. The van der Waals surface area contributed by atoms with Gasteiger partial charge in [-0.05, 0) is 33.6 Å². The van der Waals surface area contributed by atoms with E-state index in [0.717, 1.165) is 43.1 Å². The molecule has 1 spiro atoms. The number of hydrogen-bond donors (Lipinski definition) is 1. The minimum atomic E-state index is -0.430. The number of likely N-dealkylation sites (tertiary alicyclic amines) is 1. The molecule has 142 valence electrons. The van der Waals surface area contributed by atoms with Crippen molar-refractivity contribution in [3.63, 3.8) is 0 Å². The van der Waals surface area contributed by atoms with Crippen LogP contribution in [0.5, 0.6) is 11.5 Å². The van der Waals surface area contributed by atoms with Gasteiger partial charge in [0.05, 0.1) is 11.9 Å². The van der Waals surface area contributed by atoms with Crippen LogP contribution in [0.15, 0.2) is 12.3 Å². The van der Waals surface area contributed by atoms with Crippen molar-refractivity contribution >= 4 is 6.09 Å². The Kier molecular flexibility index (Phi) is 4.22. The molecule has 1 amide bonds. The predicted octanol–water partition coefficient (Wildman–Crippen LogP) is 2.34. The number of pyridine rings is 1. The third kappa shape index (κ3) is 3.58. The van der Waals surface area contributed by atoms with E-state index in [1.807, 2.05) is 31.7 Å². The van der Waals surface area contributed by atoms with E-state index in [2.05, 4.69) is 10.3 Å². The normalized spacial score (nSPS) is 21.1. The average molecular weight is 361 g/mol. The highest BCUT2D eigenvalue weighted by Gasteiger charge is 2.54. The number of rotatable bonds is 3. The molecule has 0 bridgehead atoms. The van der Waals surface area contributed by atoms with E-state index in [9.17, 15) is 4.79 Å². The van der Waals surface area contributed by atoms with Crippen molar-refractivity contribution in [1.82, 2.24) is 15.2 Å². The molecule has 1 N–H and O–H groups in total. The molecule has 0 aromatic carbocycles. The Morgan fingerprint density at radius 3 is 2.69 bits per heavy atom. The van der Waals surface area contributed by atoms with Gasteiger partial charge < -0.3 is 24.4 Å². The van der Waals surface area contributed by atoms with Crippen molar-refractivity contribution < 1.29 is 19.0 Å². The van der Waals surface area contributed by atoms with Gasteiger partial charge in [0.25, 0.3) is 0 Å². The Bertz CT molecular complexity index is 687. The van der Waals surface area contributed by atoms with Crippen LogP contribution in [0.3, 0.4) is 0 Å². The van der Waals surface area contributed by atoms with Gasteiger partial charge in [-0.2, -0.15) is 0 Å². The van der Waals surface area contributed by atoms with Crippen LogP contribution in [-0.4, -0.2) is 53.9 Å². The van der Waals surface area contributed by atoms with Crippen molar-refractivity contribution in [3.8, 4) is 11.5 Å². The first-order valence-electron chi connectivity index (χ1n) is 9.28. The molecular weight excluding hydrogens is 334 g/mol. The Labute approximate surface area is 154 Å². The van der Waals surface area contributed by atoms with Crippen LogP contribution in [0.4, 0.5) is 4.79 Å². The Morgan fingerprint density at radius 2 is 2.00 bits per heavy atom. The van der Waals surface area contributed by atoms with Crippen LogP contribution in [-0.2, 0) is 11.3 Å². The highest BCUT2D eigenvalue weighted by Crippen LogP contribution is 2.48. The van der Waals surface area contributed by atoms with Crippen molar-refractivity contribution in [3.05, 3.63) is 18.0 Å². The minimum absolute atomic E-state index is 0.194. The molecule has 1 aromatic heterocycles. The molecule has 2 aliphatic heterocycles. The van der Waals surface area contributed by atoms with Crippen LogP contribution in [0.25, 0.3) is 0 Å². The van der Waals surface area contributed by atoms with Crippen LogP contribution < -0.4 is 14.8 Å². The predicted molar refractivity (Wildman–Crippen MR) is 95.3 cm³/mol. The Hall–Kier alpha value is -2.02. The second-order valence-corrected chi connectivity index (χ2v) is 8.64. The lowest BCUT2D eigenvalue weighted by molar-refractivity contribution is -0.0830. The van der Waals surface area contributed by atoms with Gasteiger partial charge >= 0.3 is 6.09 Å². The largest absolute Gasteiger partial charge is 0.486 e. The molecule has 0 atom stereocenters. The van der Waals surface area contributed by atoms with Crippen molar-refractivity contribution in [2.45, 2.75) is 51.8 Å². The fraction of sp³-hybridized carbons (Fsp3) is 0.684. The molecule has 7 heteroatoms. The van der Waals surface area contributed by atoms with Crippen molar-refractivity contribution in [2.75, 3.05) is 26.3 Å². The van der Waals surface area contributed by atoms with E-state index >= 15 is 0 Å². The standard InChI is InChI=1S/C19H27N3O4/c1-18(2,3)26-17(23)22-11-19(12-22)7-14(8-19)20-9-13-6-15-16(10-21-13)25-5-4-24-15/h6,10,14,20H,4-5,7-9,11-12H2,1-3H3. The molecule has 26 heavy (non-hydrogen) atoms. The van der Waals surface area contributed by atoms with Gasteiger partial charge in [-0.15, -0.1) is 0 Å². The second kappa shape index (κ2) is 6.30. The summed E-state index contributed by atoms with van der Waals surface area (Å²) in [5.41, 5.74) is 0.814. The minimum Gasteiger partial charge on any atom is -0.486 e. The molecule has 1 saturated carbocycles. The lowest BCUT2D eigenvalue weighted by Gasteiger charge is -2.58. The molecule has 1 aromatic rings. The number of nitrogens with zero attached hydrogens (tertiary/aromatic N) is 2. The third-order valence-electron chi connectivity index (χ3n) is 5.12. The van der Waals surface area contributed by atoms with Gasteiger partial charge in [0, 0.05) is 37.2 Å². The summed E-state index contributed by atoms with van der Waals surface area (Å²) in [6.45, 7) is 9.19. The molecule has 4 rings (SSSR count). The summed E-state index contributed by atoms with van der Waals surface area (Å²) in [5.74, 6) is 1.50. The SMILES string of the molecule is CC(C)(C)OC(=O)N1CC2(CC(NCc3cc4c(cn3)OCCO4)C2)C1. The quantitative estimate of drug-likeness (QED) is 0.891. The molecule has 2 fully saturated rings. The van der Waals surface area contributed by atoms with Gasteiger partial charge in [-0.3, -0.25) is 4.98 Å². The Morgan fingerprint density at radius 1 is 1.31 bits per heavy atom. The monoisotopic (exact) mass is 361 g/mol. The summed E-state index contributed by atoms with van der Waals surface area (Å²) in [6, 6.07) is 2.43. The number of fused-ring (bicyclic) bond motifs is 1. The number of nitrogens with one attached hydrogen (secondary N) is 1. The topological polar surface area (TPSA) is 72.9 Å². The van der Waals surface area contributed by atoms with Crippen LogP contribution >= 0.6 is 0 Å². The zero-order valence-electron chi connectivity index (χ0n) is 15.7. The van der Waals surface area contributed by atoms with E-state index in [0.29, 0.717) is 25.8 Å². The lowest BCUT2D eigenvalue weighted by Crippen LogP contribution is -2.67. The number of ether oxygens (including phenoxy) is 3. The van der Waals surface area contributed by atoms with Gasteiger partial charge in [0.2, 0.25) is 0 Å². The summed E-state index contributed by atoms with van der Waals surface area (Å²) < 4.78 is 16.5. The number of carbonyl (C=O) groups is 1. The van der Waals surface area contributed by atoms with Crippen molar-refractivity contribution in [2.24, 2.45) is 5.41 Å². The summed E-state index contributed by atoms with van der Waals surface area (Å²) in [5, 5.41) is 3.55. The Balaban J connectivity index is 1.20. The molecule has 3 aliphatic rings. The van der Waals surface area contributed by atoms with E-state index in [1.165, 1.54) is 0 Å². The molecule has 3 heterocycles. The van der Waals surface area contributed by atoms with Crippen LogP contribution in [0.2, 0.25) is 0 Å². The van der Waals surface area contributed by atoms with Crippen LogP contribution in [0, 0.1) is 5.41 Å². The van der Waals surface area contributed by atoms with E-state index in [1.54, 1.807) is 6.20 Å². The first-order valence-corrected chi connectivity index (χ1v) is 9.28. The molecule has 0 radical (unpaired) electrons. The number of carbonyl (C=O) groups excluding carboxylic acids is 1.